The Labute approximate surface area is 162 Å². The number of carboxylic acids is 1. The molecule has 8 nitrogen and oxygen atoms in total. The monoisotopic (exact) mass is 387 g/mol. The summed E-state index contributed by atoms with van der Waals surface area (Å²) in [7, 11) is 5.86. The Morgan fingerprint density at radius 2 is 1.43 bits per heavy atom. The van der Waals surface area contributed by atoms with E-state index in [2.05, 4.69) is 5.32 Å². The van der Waals surface area contributed by atoms with Gasteiger partial charge in [-0.25, -0.2) is 4.79 Å². The van der Waals surface area contributed by atoms with Crippen LogP contribution in [0.4, 0.5) is 5.69 Å². The van der Waals surface area contributed by atoms with Crippen molar-refractivity contribution < 1.29 is 33.6 Å². The Hall–Kier alpha value is -3.68. The Kier molecular flexibility index (Phi) is 6.86. The Balaban J connectivity index is 2.25. The van der Waals surface area contributed by atoms with Gasteiger partial charge in [0.05, 0.1) is 39.7 Å². The highest BCUT2D eigenvalue weighted by Gasteiger charge is 2.17. The van der Waals surface area contributed by atoms with Crippen LogP contribution in [0.2, 0.25) is 0 Å². The maximum atomic E-state index is 12.3. The van der Waals surface area contributed by atoms with E-state index < -0.39 is 11.9 Å². The molecular formula is C20H21NO7. The van der Waals surface area contributed by atoms with Gasteiger partial charge in [-0.1, -0.05) is 6.07 Å². The summed E-state index contributed by atoms with van der Waals surface area (Å²) < 4.78 is 20.6. The van der Waals surface area contributed by atoms with E-state index in [1.54, 1.807) is 24.3 Å². The van der Waals surface area contributed by atoms with Gasteiger partial charge in [-0.15, -0.1) is 0 Å². The van der Waals surface area contributed by atoms with Crippen molar-refractivity contribution in [2.45, 2.75) is 0 Å². The van der Waals surface area contributed by atoms with Crippen LogP contribution in [0.3, 0.4) is 0 Å². The maximum absolute atomic E-state index is 12.3. The first-order chi connectivity index (χ1) is 13.4. The van der Waals surface area contributed by atoms with E-state index in [4.69, 9.17) is 18.9 Å². The summed E-state index contributed by atoms with van der Waals surface area (Å²) in [6.45, 7) is 0. The molecule has 2 aromatic rings. The molecule has 1 amide bonds. The number of carbonyl (C=O) groups excluding carboxylic acids is 1. The molecule has 0 bridgehead atoms. The van der Waals surface area contributed by atoms with E-state index >= 15 is 0 Å². The number of nitrogens with one attached hydrogen (secondary N) is 1. The average molecular weight is 387 g/mol. The van der Waals surface area contributed by atoms with Crippen LogP contribution < -0.4 is 24.3 Å². The number of hydrogen-bond acceptors (Lipinski definition) is 6. The molecule has 148 valence electrons. The zero-order valence-corrected chi connectivity index (χ0v) is 15.9. The fourth-order valence-electron chi connectivity index (χ4n) is 2.46. The Morgan fingerprint density at radius 1 is 0.857 bits per heavy atom. The molecule has 0 atom stereocenters. The van der Waals surface area contributed by atoms with Crippen LogP contribution >= 0.6 is 0 Å². The zero-order chi connectivity index (χ0) is 20.7. The van der Waals surface area contributed by atoms with Crippen molar-refractivity contribution in [1.29, 1.82) is 0 Å². The van der Waals surface area contributed by atoms with Crippen LogP contribution in [0.5, 0.6) is 23.0 Å². The summed E-state index contributed by atoms with van der Waals surface area (Å²) in [6, 6.07) is 7.86. The fraction of sp³-hybridized carbons (Fsp3) is 0.200. The van der Waals surface area contributed by atoms with Crippen molar-refractivity contribution in [3.63, 3.8) is 0 Å². The second kappa shape index (κ2) is 9.31. The summed E-state index contributed by atoms with van der Waals surface area (Å²) in [5.41, 5.74) is 0.677. The molecule has 0 unspecified atom stereocenters. The SMILES string of the molecule is COc1ccc(C=CC(=O)Nc2cc(OC)c(OC)cc2C(=O)O)cc1OC. The minimum absolute atomic E-state index is 0.0899. The third-order valence-electron chi connectivity index (χ3n) is 3.85. The molecule has 0 aliphatic heterocycles. The summed E-state index contributed by atoms with van der Waals surface area (Å²) in [5.74, 6) is -0.0753. The molecular weight excluding hydrogens is 366 g/mol. The highest BCUT2D eigenvalue weighted by atomic mass is 16.5. The molecule has 0 aliphatic rings. The molecule has 0 saturated heterocycles. The molecule has 2 aromatic carbocycles. The van der Waals surface area contributed by atoms with E-state index in [1.807, 2.05) is 0 Å². The fourth-order valence-corrected chi connectivity index (χ4v) is 2.46. The van der Waals surface area contributed by atoms with Crippen molar-refractivity contribution in [1.82, 2.24) is 0 Å². The first kappa shape index (κ1) is 20.6. The summed E-state index contributed by atoms with van der Waals surface area (Å²) in [4.78, 5) is 23.8. The number of carbonyl (C=O) groups is 2. The van der Waals surface area contributed by atoms with Gasteiger partial charge < -0.3 is 29.4 Å². The number of amides is 1. The second-order valence-electron chi connectivity index (χ2n) is 5.49. The standard InChI is InChI=1S/C20H21NO7/c1-25-15-7-5-12(9-16(15)26-2)6-8-19(22)21-14-11-18(28-4)17(27-3)10-13(14)20(23)24/h5-11H,1-4H3,(H,21,22)(H,23,24). The number of benzene rings is 2. The van der Waals surface area contributed by atoms with E-state index in [-0.39, 0.29) is 17.0 Å². The first-order valence-corrected chi connectivity index (χ1v) is 8.13. The van der Waals surface area contributed by atoms with Gasteiger partial charge in [-0.3, -0.25) is 4.79 Å². The van der Waals surface area contributed by atoms with E-state index in [0.29, 0.717) is 22.8 Å². The quantitative estimate of drug-likeness (QED) is 0.671. The van der Waals surface area contributed by atoms with Gasteiger partial charge in [0.2, 0.25) is 5.91 Å². The van der Waals surface area contributed by atoms with Gasteiger partial charge in [0.15, 0.2) is 23.0 Å². The molecule has 2 rings (SSSR count). The Morgan fingerprint density at radius 3 is 2.00 bits per heavy atom. The van der Waals surface area contributed by atoms with Crippen LogP contribution in [0.1, 0.15) is 15.9 Å². The van der Waals surface area contributed by atoms with E-state index in [9.17, 15) is 14.7 Å². The highest BCUT2D eigenvalue weighted by molar-refractivity contribution is 6.06. The number of rotatable bonds is 8. The van der Waals surface area contributed by atoms with Crippen LogP contribution in [-0.4, -0.2) is 45.4 Å². The summed E-state index contributed by atoms with van der Waals surface area (Å²) >= 11 is 0. The first-order valence-electron chi connectivity index (χ1n) is 8.13. The predicted octanol–water partition coefficient (Wildman–Crippen LogP) is 3.07. The van der Waals surface area contributed by atoms with Crippen molar-refractivity contribution in [2.24, 2.45) is 0 Å². The van der Waals surface area contributed by atoms with Crippen molar-refractivity contribution in [3.05, 3.63) is 47.5 Å². The molecule has 0 radical (unpaired) electrons. The third kappa shape index (κ3) is 4.73. The minimum atomic E-state index is -1.21. The summed E-state index contributed by atoms with van der Waals surface area (Å²) in [6.07, 6.45) is 2.85. The number of aromatic carboxylic acids is 1. The number of hydrogen-bond donors (Lipinski definition) is 2. The number of methoxy groups -OCH3 is 4. The van der Waals surface area contributed by atoms with Crippen LogP contribution in [0.15, 0.2) is 36.4 Å². The topological polar surface area (TPSA) is 103 Å². The third-order valence-corrected chi connectivity index (χ3v) is 3.85. The van der Waals surface area contributed by atoms with Crippen LogP contribution in [-0.2, 0) is 4.79 Å². The van der Waals surface area contributed by atoms with Gasteiger partial charge >= 0.3 is 5.97 Å². The molecule has 0 aliphatic carbocycles. The number of ether oxygens (including phenoxy) is 4. The molecule has 0 aromatic heterocycles. The van der Waals surface area contributed by atoms with Gasteiger partial charge in [-0.2, -0.15) is 0 Å². The molecule has 0 saturated carbocycles. The van der Waals surface area contributed by atoms with Gasteiger partial charge in [0.25, 0.3) is 0 Å². The maximum Gasteiger partial charge on any atom is 0.337 e. The summed E-state index contributed by atoms with van der Waals surface area (Å²) in [5, 5.41) is 11.9. The lowest BCUT2D eigenvalue weighted by Crippen LogP contribution is -2.12. The van der Waals surface area contributed by atoms with Crippen LogP contribution in [0, 0.1) is 0 Å². The molecule has 0 heterocycles. The molecule has 0 fully saturated rings. The lowest BCUT2D eigenvalue weighted by molar-refractivity contribution is -0.111. The predicted molar refractivity (Wildman–Crippen MR) is 104 cm³/mol. The van der Waals surface area contributed by atoms with Gasteiger partial charge in [0.1, 0.15) is 0 Å². The van der Waals surface area contributed by atoms with Crippen molar-refractivity contribution >= 4 is 23.6 Å². The lowest BCUT2D eigenvalue weighted by atomic mass is 10.1. The van der Waals surface area contributed by atoms with E-state index in [0.717, 1.165) is 0 Å². The lowest BCUT2D eigenvalue weighted by Gasteiger charge is -2.13. The number of carboxylic acid groups (broad SMARTS) is 1. The minimum Gasteiger partial charge on any atom is -0.493 e. The zero-order valence-electron chi connectivity index (χ0n) is 15.9. The van der Waals surface area contributed by atoms with E-state index in [1.165, 1.54) is 46.6 Å². The normalized spacial score (nSPS) is 10.4. The second-order valence-corrected chi connectivity index (χ2v) is 5.49. The van der Waals surface area contributed by atoms with Gasteiger partial charge in [-0.05, 0) is 23.8 Å². The molecule has 0 spiro atoms. The number of anilines is 1. The van der Waals surface area contributed by atoms with Crippen molar-refractivity contribution in [2.75, 3.05) is 33.8 Å². The molecule has 2 N–H and O–H groups in total. The highest BCUT2D eigenvalue weighted by Crippen LogP contribution is 2.33. The average Bonchev–Trinajstić information content (AvgIpc) is 2.71. The molecule has 8 heteroatoms. The Bertz CT molecular complexity index is 906. The van der Waals surface area contributed by atoms with Crippen LogP contribution in [0.25, 0.3) is 6.08 Å². The smallest absolute Gasteiger partial charge is 0.337 e. The largest absolute Gasteiger partial charge is 0.493 e. The van der Waals surface area contributed by atoms with Crippen molar-refractivity contribution in [3.8, 4) is 23.0 Å². The van der Waals surface area contributed by atoms with Gasteiger partial charge in [0, 0.05) is 18.2 Å². The molecule has 28 heavy (non-hydrogen) atoms.